The molecular formula is C79H154O17P2. The van der Waals surface area contributed by atoms with Gasteiger partial charge in [0.05, 0.1) is 26.4 Å². The lowest BCUT2D eigenvalue weighted by molar-refractivity contribution is -0.161. The lowest BCUT2D eigenvalue weighted by Crippen LogP contribution is -2.30. The molecule has 0 radical (unpaired) electrons. The number of esters is 4. The van der Waals surface area contributed by atoms with E-state index in [2.05, 4.69) is 41.5 Å². The van der Waals surface area contributed by atoms with Gasteiger partial charge >= 0.3 is 39.5 Å². The zero-order chi connectivity index (χ0) is 72.1. The Morgan fingerprint density at radius 2 is 0.469 bits per heavy atom. The standard InChI is InChI=1S/C79H154O17P2/c1-7-9-11-13-15-17-19-26-31-39-45-51-57-63-78(83)95-74(67-89-76(81)61-55-49-43-37-29-18-16-14-12-10-8-2)69-93-97(85,86)91-65-73(80)66-92-98(87,88)94-70-75(68-90-77(82)62-56-50-44-38-34-33-36-42-48-54-60-72(5)6)96-79(84)64-58-52-46-40-32-28-25-23-21-20-22-24-27-30-35-41-47-53-59-71(3)4/h71-75,80H,7-70H2,1-6H3,(H,85,86)(H,87,88)/t73-,74+,75+/m0/s1. The van der Waals surface area contributed by atoms with Crippen molar-refractivity contribution in [3.8, 4) is 0 Å². The summed E-state index contributed by atoms with van der Waals surface area (Å²) >= 11 is 0. The van der Waals surface area contributed by atoms with E-state index in [-0.39, 0.29) is 25.7 Å². The van der Waals surface area contributed by atoms with Gasteiger partial charge in [0, 0.05) is 25.7 Å². The van der Waals surface area contributed by atoms with E-state index in [0.717, 1.165) is 102 Å². The SMILES string of the molecule is CCCCCCCCCCCCCCCC(=O)O[C@H](COC(=O)CCCCCCCCCCCCC)COP(=O)(O)OC[C@H](O)COP(=O)(O)OC[C@@H](COC(=O)CCCCCCCCCCCCC(C)C)OC(=O)CCCCCCCCCCCCCCCCCCCCC(C)C. The van der Waals surface area contributed by atoms with Crippen LogP contribution in [0.1, 0.15) is 414 Å². The maximum Gasteiger partial charge on any atom is 0.472 e. The molecule has 0 rings (SSSR count). The van der Waals surface area contributed by atoms with Gasteiger partial charge in [-0.15, -0.1) is 0 Å². The highest BCUT2D eigenvalue weighted by Gasteiger charge is 2.30. The molecule has 0 aromatic carbocycles. The molecule has 3 N–H and O–H groups in total. The Morgan fingerprint density at radius 3 is 0.694 bits per heavy atom. The van der Waals surface area contributed by atoms with Crippen LogP contribution in [-0.4, -0.2) is 96.7 Å². The smallest absolute Gasteiger partial charge is 0.462 e. The third-order valence-electron chi connectivity index (χ3n) is 18.5. The van der Waals surface area contributed by atoms with Crippen LogP contribution in [0.2, 0.25) is 0 Å². The Kier molecular flexibility index (Phi) is 69.3. The van der Waals surface area contributed by atoms with Gasteiger partial charge in [-0.05, 0) is 37.5 Å². The van der Waals surface area contributed by atoms with Gasteiger partial charge in [0.1, 0.15) is 19.3 Å². The molecule has 0 spiro atoms. The highest BCUT2D eigenvalue weighted by Crippen LogP contribution is 2.45. The van der Waals surface area contributed by atoms with Crippen LogP contribution in [0, 0.1) is 11.8 Å². The molecule has 0 aliphatic heterocycles. The first-order valence-corrected chi connectivity index (χ1v) is 44.0. The van der Waals surface area contributed by atoms with Crippen molar-refractivity contribution >= 4 is 39.5 Å². The minimum Gasteiger partial charge on any atom is -0.462 e. The van der Waals surface area contributed by atoms with Gasteiger partial charge in [-0.25, -0.2) is 9.13 Å². The third-order valence-corrected chi connectivity index (χ3v) is 20.4. The minimum absolute atomic E-state index is 0.108. The van der Waals surface area contributed by atoms with Crippen molar-refractivity contribution in [1.82, 2.24) is 0 Å². The maximum absolute atomic E-state index is 13.1. The molecule has 0 aromatic rings. The van der Waals surface area contributed by atoms with Gasteiger partial charge < -0.3 is 33.8 Å². The molecule has 0 bridgehead atoms. The summed E-state index contributed by atoms with van der Waals surface area (Å²) in [6.07, 6.45) is 59.6. The fourth-order valence-electron chi connectivity index (χ4n) is 12.2. The Labute approximate surface area is 600 Å². The van der Waals surface area contributed by atoms with E-state index in [0.29, 0.717) is 25.7 Å². The van der Waals surface area contributed by atoms with Gasteiger partial charge in [-0.2, -0.15) is 0 Å². The fourth-order valence-corrected chi connectivity index (χ4v) is 13.8. The number of phosphoric acid groups is 2. The molecule has 0 aromatic heterocycles. The predicted molar refractivity (Wildman–Crippen MR) is 400 cm³/mol. The molecule has 0 saturated carbocycles. The van der Waals surface area contributed by atoms with E-state index < -0.39 is 97.5 Å². The summed E-state index contributed by atoms with van der Waals surface area (Å²) in [6, 6.07) is 0. The molecule has 582 valence electrons. The van der Waals surface area contributed by atoms with E-state index in [4.69, 9.17) is 37.0 Å². The van der Waals surface area contributed by atoms with Crippen molar-refractivity contribution in [3.05, 3.63) is 0 Å². The molecule has 0 fully saturated rings. The minimum atomic E-state index is -4.96. The number of ether oxygens (including phenoxy) is 4. The van der Waals surface area contributed by atoms with E-state index in [1.807, 2.05) is 0 Å². The molecule has 0 heterocycles. The molecule has 5 atom stereocenters. The molecule has 2 unspecified atom stereocenters. The first kappa shape index (κ1) is 96.1. The second kappa shape index (κ2) is 70.7. The van der Waals surface area contributed by atoms with E-state index >= 15 is 0 Å². The topological polar surface area (TPSA) is 237 Å². The van der Waals surface area contributed by atoms with E-state index in [9.17, 15) is 43.2 Å². The Morgan fingerprint density at radius 1 is 0.276 bits per heavy atom. The zero-order valence-corrected chi connectivity index (χ0v) is 65.9. The van der Waals surface area contributed by atoms with Gasteiger partial charge in [-0.3, -0.25) is 37.3 Å². The Bertz CT molecular complexity index is 1890. The molecule has 17 nitrogen and oxygen atoms in total. The number of hydrogen-bond donors (Lipinski definition) is 3. The van der Waals surface area contributed by atoms with Crippen LogP contribution >= 0.6 is 15.6 Å². The summed E-state index contributed by atoms with van der Waals surface area (Å²) in [6.45, 7) is 9.65. The predicted octanol–water partition coefficient (Wildman–Crippen LogP) is 23.5. The number of aliphatic hydroxyl groups excluding tert-OH is 1. The summed E-state index contributed by atoms with van der Waals surface area (Å²) in [5, 5.41) is 10.6. The van der Waals surface area contributed by atoms with Crippen LogP contribution in [0.3, 0.4) is 0 Å². The van der Waals surface area contributed by atoms with Crippen LogP contribution in [0.25, 0.3) is 0 Å². The number of unbranched alkanes of at least 4 members (excludes halogenated alkanes) is 48. The Hall–Kier alpha value is -1.94. The van der Waals surface area contributed by atoms with E-state index in [1.54, 1.807) is 0 Å². The van der Waals surface area contributed by atoms with Crippen molar-refractivity contribution in [2.45, 2.75) is 432 Å². The van der Waals surface area contributed by atoms with Crippen molar-refractivity contribution in [2.75, 3.05) is 39.6 Å². The largest absolute Gasteiger partial charge is 0.472 e. The number of phosphoric ester groups is 2. The number of carbonyl (C=O) groups excluding carboxylic acids is 4. The summed E-state index contributed by atoms with van der Waals surface area (Å²) in [4.78, 5) is 72.9. The van der Waals surface area contributed by atoms with Crippen LogP contribution in [0.5, 0.6) is 0 Å². The summed E-state index contributed by atoms with van der Waals surface area (Å²) in [5.41, 5.74) is 0. The number of aliphatic hydroxyl groups is 1. The van der Waals surface area contributed by atoms with Gasteiger partial charge in [-0.1, -0.05) is 363 Å². The number of hydrogen-bond acceptors (Lipinski definition) is 15. The van der Waals surface area contributed by atoms with E-state index in [1.165, 1.54) is 231 Å². The third kappa shape index (κ3) is 72.4. The summed E-state index contributed by atoms with van der Waals surface area (Å²) in [7, 11) is -9.91. The molecule has 0 amide bonds. The number of carbonyl (C=O) groups is 4. The molecule has 0 aliphatic rings. The highest BCUT2D eigenvalue weighted by molar-refractivity contribution is 7.47. The zero-order valence-electron chi connectivity index (χ0n) is 64.1. The summed E-state index contributed by atoms with van der Waals surface area (Å²) < 4.78 is 68.6. The second-order valence-electron chi connectivity index (χ2n) is 29.4. The highest BCUT2D eigenvalue weighted by atomic mass is 31.2. The lowest BCUT2D eigenvalue weighted by atomic mass is 10.0. The van der Waals surface area contributed by atoms with Crippen LogP contribution in [0.15, 0.2) is 0 Å². The fraction of sp³-hybridized carbons (Fsp3) is 0.949. The van der Waals surface area contributed by atoms with Crippen molar-refractivity contribution in [2.24, 2.45) is 11.8 Å². The second-order valence-corrected chi connectivity index (χ2v) is 32.3. The van der Waals surface area contributed by atoms with Crippen molar-refractivity contribution < 1.29 is 80.2 Å². The first-order chi connectivity index (χ1) is 47.4. The molecule has 19 heteroatoms. The normalized spacial score (nSPS) is 13.9. The van der Waals surface area contributed by atoms with Gasteiger partial charge in [0.2, 0.25) is 0 Å². The van der Waals surface area contributed by atoms with Crippen LogP contribution in [-0.2, 0) is 65.4 Å². The first-order valence-electron chi connectivity index (χ1n) is 41.0. The number of rotatable bonds is 78. The van der Waals surface area contributed by atoms with Gasteiger partial charge in [0.15, 0.2) is 12.2 Å². The van der Waals surface area contributed by atoms with Crippen molar-refractivity contribution in [1.29, 1.82) is 0 Å². The molecular weight excluding hydrogens is 1280 g/mol. The molecule has 0 saturated heterocycles. The quantitative estimate of drug-likeness (QED) is 0.0222. The van der Waals surface area contributed by atoms with Crippen LogP contribution in [0.4, 0.5) is 0 Å². The maximum atomic E-state index is 13.1. The Balaban J connectivity index is 5.21. The monoisotopic (exact) mass is 1440 g/mol. The lowest BCUT2D eigenvalue weighted by Gasteiger charge is -2.21. The average Bonchev–Trinajstić information content (AvgIpc) is 1.00. The van der Waals surface area contributed by atoms with Crippen molar-refractivity contribution in [3.63, 3.8) is 0 Å². The van der Waals surface area contributed by atoms with Crippen LogP contribution < -0.4 is 0 Å². The molecule has 0 aliphatic carbocycles. The summed E-state index contributed by atoms with van der Waals surface area (Å²) in [5.74, 6) is -0.531. The average molecular weight is 1440 g/mol. The van der Waals surface area contributed by atoms with Gasteiger partial charge in [0.25, 0.3) is 0 Å². The molecule has 98 heavy (non-hydrogen) atoms.